The summed E-state index contributed by atoms with van der Waals surface area (Å²) in [5.41, 5.74) is 1.88. The number of fused-ring (bicyclic) bond motifs is 1. The lowest BCUT2D eigenvalue weighted by Crippen LogP contribution is -2.04. The van der Waals surface area contributed by atoms with Gasteiger partial charge in [-0.15, -0.1) is 0 Å². The number of nitrogens with zero attached hydrogens (tertiary/aromatic N) is 3. The Morgan fingerprint density at radius 2 is 1.65 bits per heavy atom. The van der Waals surface area contributed by atoms with Gasteiger partial charge in [0.25, 0.3) is 10.1 Å². The van der Waals surface area contributed by atoms with Crippen LogP contribution in [0.15, 0.2) is 17.0 Å². The first kappa shape index (κ1) is 15.3. The summed E-state index contributed by atoms with van der Waals surface area (Å²) in [5, 5.41) is 9.92. The van der Waals surface area contributed by atoms with Gasteiger partial charge in [0, 0.05) is 10.7 Å². The van der Waals surface area contributed by atoms with Crippen molar-refractivity contribution in [2.24, 2.45) is 0 Å². The van der Waals surface area contributed by atoms with E-state index in [1.807, 2.05) is 0 Å². The molecule has 0 fully saturated rings. The fourth-order valence-electron chi connectivity index (χ4n) is 1.67. The van der Waals surface area contributed by atoms with Crippen LogP contribution < -0.4 is 0 Å². The maximum absolute atomic E-state index is 11.3. The molecule has 1 N–H and O–H groups in total. The molecule has 0 amide bonds. The first-order valence-electron chi connectivity index (χ1n) is 5.23. The van der Waals surface area contributed by atoms with Gasteiger partial charge in [-0.1, -0.05) is 31.9 Å². The van der Waals surface area contributed by atoms with E-state index in [4.69, 9.17) is 9.81 Å². The summed E-state index contributed by atoms with van der Waals surface area (Å²) < 4.78 is 31.7. The van der Waals surface area contributed by atoms with Gasteiger partial charge in [0.05, 0.1) is 28.0 Å². The first-order chi connectivity index (χ1) is 9.40. The monoisotopic (exact) mass is 419 g/mol. The van der Waals surface area contributed by atoms with Crippen LogP contribution in [0.4, 0.5) is 0 Å². The zero-order chi connectivity index (χ0) is 14.9. The number of alkyl halides is 2. The largest absolute Gasteiger partial charge is 0.295 e. The summed E-state index contributed by atoms with van der Waals surface area (Å²) in [6, 6.07) is 4.19. The van der Waals surface area contributed by atoms with Gasteiger partial charge in [-0.3, -0.25) is 4.55 Å². The molecule has 0 aliphatic carbocycles. The molecule has 9 heteroatoms. The van der Waals surface area contributed by atoms with Crippen LogP contribution in [0.3, 0.4) is 0 Å². The minimum atomic E-state index is -4.48. The Balaban J connectivity index is 2.86. The fourth-order valence-corrected chi connectivity index (χ4v) is 3.21. The quantitative estimate of drug-likeness (QED) is 0.604. The second-order valence-electron chi connectivity index (χ2n) is 3.81. The molecule has 0 saturated heterocycles. The van der Waals surface area contributed by atoms with E-state index in [-0.39, 0.29) is 5.56 Å². The number of benzene rings is 1. The number of nitriles is 1. The highest BCUT2D eigenvalue weighted by Gasteiger charge is 2.18. The Morgan fingerprint density at radius 1 is 1.15 bits per heavy atom. The molecule has 0 radical (unpaired) electrons. The standard InChI is InChI=1S/C11H7Br2N3O3S/c12-3-9-10(4-13)16-8-2-11(20(17,18)19)6(5-14)1-7(8)15-9/h1-2H,3-4H2,(H,17,18,19). The Kier molecular flexibility index (Phi) is 4.39. The molecule has 0 unspecified atom stereocenters. The summed E-state index contributed by atoms with van der Waals surface area (Å²) >= 11 is 6.57. The van der Waals surface area contributed by atoms with Gasteiger partial charge in [-0.05, 0) is 12.1 Å². The summed E-state index contributed by atoms with van der Waals surface area (Å²) in [7, 11) is -4.48. The predicted molar refractivity (Wildman–Crippen MR) is 79.3 cm³/mol. The number of halogens is 2. The Hall–Kier alpha value is -1.08. The number of aromatic nitrogens is 2. The smallest absolute Gasteiger partial charge is 0.282 e. The fraction of sp³-hybridized carbons (Fsp3) is 0.182. The van der Waals surface area contributed by atoms with E-state index < -0.39 is 15.0 Å². The Morgan fingerprint density at radius 3 is 2.05 bits per heavy atom. The van der Waals surface area contributed by atoms with Crippen molar-refractivity contribution in [1.29, 1.82) is 5.26 Å². The van der Waals surface area contributed by atoms with Crippen LogP contribution in [0.25, 0.3) is 11.0 Å². The summed E-state index contributed by atoms with van der Waals surface area (Å²) in [6.45, 7) is 0. The molecule has 0 aliphatic rings. The van der Waals surface area contributed by atoms with E-state index in [1.54, 1.807) is 6.07 Å². The molecule has 1 aromatic heterocycles. The van der Waals surface area contributed by atoms with E-state index in [0.29, 0.717) is 33.1 Å². The van der Waals surface area contributed by atoms with Gasteiger partial charge >= 0.3 is 0 Å². The van der Waals surface area contributed by atoms with Crippen molar-refractivity contribution in [2.45, 2.75) is 15.6 Å². The van der Waals surface area contributed by atoms with Crippen LogP contribution in [0, 0.1) is 11.3 Å². The lowest BCUT2D eigenvalue weighted by atomic mass is 10.2. The molecule has 0 spiro atoms. The first-order valence-corrected chi connectivity index (χ1v) is 8.92. The molecule has 1 aromatic carbocycles. The van der Waals surface area contributed by atoms with E-state index >= 15 is 0 Å². The van der Waals surface area contributed by atoms with Crippen LogP contribution >= 0.6 is 31.9 Å². The van der Waals surface area contributed by atoms with E-state index in [1.165, 1.54) is 6.07 Å². The van der Waals surface area contributed by atoms with Gasteiger partial charge in [0.2, 0.25) is 0 Å². The molecular formula is C11H7Br2N3O3S. The van der Waals surface area contributed by atoms with Crippen molar-refractivity contribution in [3.05, 3.63) is 29.1 Å². The Labute approximate surface area is 131 Å². The number of rotatable bonds is 3. The molecule has 1 heterocycles. The van der Waals surface area contributed by atoms with Crippen molar-refractivity contribution in [3.63, 3.8) is 0 Å². The average molecular weight is 421 g/mol. The van der Waals surface area contributed by atoms with Crippen LogP contribution in [-0.4, -0.2) is 22.9 Å². The number of hydrogen-bond acceptors (Lipinski definition) is 5. The van der Waals surface area contributed by atoms with Gasteiger partial charge < -0.3 is 0 Å². The van der Waals surface area contributed by atoms with Gasteiger partial charge in [-0.25, -0.2) is 9.97 Å². The molecule has 104 valence electrons. The zero-order valence-corrected chi connectivity index (χ0v) is 13.8. The highest BCUT2D eigenvalue weighted by molar-refractivity contribution is 9.09. The van der Waals surface area contributed by atoms with Crippen molar-refractivity contribution in [3.8, 4) is 6.07 Å². The molecule has 20 heavy (non-hydrogen) atoms. The third-order valence-corrected chi connectivity index (χ3v) is 4.53. The summed E-state index contributed by atoms with van der Waals surface area (Å²) in [4.78, 5) is 8.16. The van der Waals surface area contributed by atoms with Crippen LogP contribution in [-0.2, 0) is 20.8 Å². The van der Waals surface area contributed by atoms with E-state index in [0.717, 1.165) is 6.07 Å². The minimum Gasteiger partial charge on any atom is -0.282 e. The van der Waals surface area contributed by atoms with Crippen molar-refractivity contribution >= 4 is 53.0 Å². The lowest BCUT2D eigenvalue weighted by Gasteiger charge is -2.07. The third-order valence-electron chi connectivity index (χ3n) is 2.57. The van der Waals surface area contributed by atoms with E-state index in [9.17, 15) is 8.42 Å². The normalized spacial score (nSPS) is 11.5. The molecule has 0 aliphatic heterocycles. The van der Waals surface area contributed by atoms with Crippen LogP contribution in [0.1, 0.15) is 17.0 Å². The predicted octanol–water partition coefficient (Wildman–Crippen LogP) is 2.54. The maximum atomic E-state index is 11.3. The summed E-state index contributed by atoms with van der Waals surface area (Å²) in [5.74, 6) is 0. The SMILES string of the molecule is N#Cc1cc2nc(CBr)c(CBr)nc2cc1S(=O)(=O)O. The molecule has 0 atom stereocenters. The van der Waals surface area contributed by atoms with Gasteiger partial charge in [0.1, 0.15) is 11.0 Å². The van der Waals surface area contributed by atoms with Gasteiger partial charge in [-0.2, -0.15) is 13.7 Å². The molecule has 0 bridgehead atoms. The third kappa shape index (κ3) is 2.83. The maximum Gasteiger partial charge on any atom is 0.295 e. The Bertz CT molecular complexity index is 831. The molecular weight excluding hydrogens is 414 g/mol. The second-order valence-corrected chi connectivity index (χ2v) is 6.32. The summed E-state index contributed by atoms with van der Waals surface area (Å²) in [6.07, 6.45) is 0. The number of hydrogen-bond donors (Lipinski definition) is 1. The second kappa shape index (κ2) is 5.73. The van der Waals surface area contributed by atoms with Gasteiger partial charge in [0.15, 0.2) is 0 Å². The molecule has 2 aromatic rings. The topological polar surface area (TPSA) is 104 Å². The van der Waals surface area contributed by atoms with Crippen molar-refractivity contribution in [2.75, 3.05) is 0 Å². The molecule has 0 saturated carbocycles. The molecule has 2 rings (SSSR count). The van der Waals surface area contributed by atoms with Crippen molar-refractivity contribution in [1.82, 2.24) is 9.97 Å². The van der Waals surface area contributed by atoms with Crippen molar-refractivity contribution < 1.29 is 13.0 Å². The molecule has 6 nitrogen and oxygen atoms in total. The highest BCUT2D eigenvalue weighted by Crippen LogP contribution is 2.23. The average Bonchev–Trinajstić information content (AvgIpc) is 2.43. The minimum absolute atomic E-state index is 0.165. The van der Waals surface area contributed by atoms with Crippen LogP contribution in [0.2, 0.25) is 0 Å². The van der Waals surface area contributed by atoms with Crippen LogP contribution in [0.5, 0.6) is 0 Å². The van der Waals surface area contributed by atoms with E-state index in [2.05, 4.69) is 41.8 Å². The lowest BCUT2D eigenvalue weighted by molar-refractivity contribution is 0.483. The highest BCUT2D eigenvalue weighted by atomic mass is 79.9. The zero-order valence-electron chi connectivity index (χ0n) is 9.84.